The van der Waals surface area contributed by atoms with Gasteiger partial charge in [0.1, 0.15) is 23.0 Å². The number of aromatic nitrogens is 5. The van der Waals surface area contributed by atoms with Gasteiger partial charge in [-0.25, -0.2) is 9.97 Å². The van der Waals surface area contributed by atoms with Crippen LogP contribution in [0.2, 0.25) is 0 Å². The summed E-state index contributed by atoms with van der Waals surface area (Å²) < 4.78 is 7.60. The molecule has 3 aromatic heterocycles. The van der Waals surface area contributed by atoms with Gasteiger partial charge in [-0.2, -0.15) is 9.61 Å². The third kappa shape index (κ3) is 3.76. The molecule has 8 heteroatoms. The van der Waals surface area contributed by atoms with E-state index >= 15 is 0 Å². The Balaban J connectivity index is 1.47. The minimum Gasteiger partial charge on any atom is -0.381 e. The largest absolute Gasteiger partial charge is 0.381 e. The van der Waals surface area contributed by atoms with E-state index in [4.69, 9.17) is 24.8 Å². The van der Waals surface area contributed by atoms with Crippen molar-refractivity contribution >= 4 is 23.4 Å². The molecule has 5 heterocycles. The highest BCUT2D eigenvalue weighted by Gasteiger charge is 2.25. The van der Waals surface area contributed by atoms with Crippen LogP contribution in [0.25, 0.3) is 23.1 Å². The molecule has 33 heavy (non-hydrogen) atoms. The van der Waals surface area contributed by atoms with Gasteiger partial charge in [-0.05, 0) is 51.5 Å². The highest BCUT2D eigenvalue weighted by atomic mass is 16.5. The highest BCUT2D eigenvalue weighted by molar-refractivity contribution is 5.68. The SMILES string of the molecule is Cc1nc2c(nc1-c1cc3nc(N4CCCC4)cc(N(C)C4CCOCC4)n3n1)C=CCC2. The molecule has 0 N–H and O–H groups in total. The fourth-order valence-electron chi connectivity index (χ4n) is 5.23. The fourth-order valence-corrected chi connectivity index (χ4v) is 5.23. The van der Waals surface area contributed by atoms with Gasteiger partial charge in [0.2, 0.25) is 0 Å². The van der Waals surface area contributed by atoms with E-state index in [0.29, 0.717) is 6.04 Å². The molecule has 0 spiro atoms. The lowest BCUT2D eigenvalue weighted by Crippen LogP contribution is -2.38. The molecule has 3 aliphatic rings. The van der Waals surface area contributed by atoms with Crippen molar-refractivity contribution in [3.05, 3.63) is 35.3 Å². The molecule has 172 valence electrons. The molecule has 0 saturated carbocycles. The minimum atomic E-state index is 0.429. The zero-order valence-corrected chi connectivity index (χ0v) is 19.5. The predicted molar refractivity (Wildman–Crippen MR) is 130 cm³/mol. The smallest absolute Gasteiger partial charge is 0.160 e. The molecular formula is C25H31N7O. The lowest BCUT2D eigenvalue weighted by Gasteiger charge is -2.33. The zero-order chi connectivity index (χ0) is 22.4. The Morgan fingerprint density at radius 2 is 1.88 bits per heavy atom. The molecule has 0 radical (unpaired) electrons. The van der Waals surface area contributed by atoms with Crippen molar-refractivity contribution in [2.24, 2.45) is 0 Å². The molecule has 1 aliphatic carbocycles. The second kappa shape index (κ2) is 8.41. The Hall–Kier alpha value is -3.00. The Kier molecular flexibility index (Phi) is 5.25. The van der Waals surface area contributed by atoms with Crippen LogP contribution in [0.5, 0.6) is 0 Å². The number of allylic oxidation sites excluding steroid dienone is 1. The molecule has 0 aromatic carbocycles. The monoisotopic (exact) mass is 445 g/mol. The van der Waals surface area contributed by atoms with Gasteiger partial charge in [0.15, 0.2) is 5.65 Å². The first-order valence-electron chi connectivity index (χ1n) is 12.2. The highest BCUT2D eigenvalue weighted by Crippen LogP contribution is 2.31. The van der Waals surface area contributed by atoms with Crippen LogP contribution in [0.15, 0.2) is 18.2 Å². The summed E-state index contributed by atoms with van der Waals surface area (Å²) in [5.41, 5.74) is 5.49. The first kappa shape index (κ1) is 20.6. The van der Waals surface area contributed by atoms with E-state index in [1.54, 1.807) is 0 Å². The van der Waals surface area contributed by atoms with Crippen LogP contribution in [0.1, 0.15) is 49.2 Å². The van der Waals surface area contributed by atoms with E-state index in [9.17, 15) is 0 Å². The third-order valence-corrected chi connectivity index (χ3v) is 7.16. The number of aryl methyl sites for hydroxylation is 2. The molecular weight excluding hydrogens is 414 g/mol. The summed E-state index contributed by atoms with van der Waals surface area (Å²) in [7, 11) is 2.18. The van der Waals surface area contributed by atoms with Crippen LogP contribution in [-0.4, -0.2) is 64.0 Å². The maximum Gasteiger partial charge on any atom is 0.160 e. The van der Waals surface area contributed by atoms with Crippen molar-refractivity contribution in [3.8, 4) is 11.4 Å². The van der Waals surface area contributed by atoms with Gasteiger partial charge in [0, 0.05) is 51.5 Å². The minimum absolute atomic E-state index is 0.429. The van der Waals surface area contributed by atoms with E-state index in [1.807, 2.05) is 11.4 Å². The summed E-state index contributed by atoms with van der Waals surface area (Å²) in [6.07, 6.45) is 10.7. The Labute approximate surface area is 194 Å². The lowest BCUT2D eigenvalue weighted by molar-refractivity contribution is 0.0853. The second-order valence-corrected chi connectivity index (χ2v) is 9.35. The summed E-state index contributed by atoms with van der Waals surface area (Å²) in [6, 6.07) is 4.70. The number of ether oxygens (including phenoxy) is 1. The molecule has 0 bridgehead atoms. The number of rotatable bonds is 4. The van der Waals surface area contributed by atoms with Gasteiger partial charge in [-0.3, -0.25) is 4.98 Å². The fraction of sp³-hybridized carbons (Fsp3) is 0.520. The maximum absolute atomic E-state index is 5.61. The molecule has 2 fully saturated rings. The molecule has 8 nitrogen and oxygen atoms in total. The summed E-state index contributed by atoms with van der Waals surface area (Å²) in [6.45, 7) is 5.77. The normalized spacial score (nSPS) is 18.8. The summed E-state index contributed by atoms with van der Waals surface area (Å²) >= 11 is 0. The van der Waals surface area contributed by atoms with Crippen molar-refractivity contribution in [1.82, 2.24) is 24.6 Å². The summed E-state index contributed by atoms with van der Waals surface area (Å²) in [4.78, 5) is 19.6. The summed E-state index contributed by atoms with van der Waals surface area (Å²) in [5.74, 6) is 2.11. The van der Waals surface area contributed by atoms with Gasteiger partial charge in [-0.1, -0.05) is 6.08 Å². The number of hydrogen-bond acceptors (Lipinski definition) is 7. The number of hydrogen-bond donors (Lipinski definition) is 0. The van der Waals surface area contributed by atoms with E-state index in [0.717, 1.165) is 97.7 Å². The standard InChI is InChI=1S/C25H31N7O/c1-17-25(27-20-8-4-3-7-19(20)26-17)21-15-23-28-22(31-11-5-6-12-31)16-24(32(23)29-21)30(2)18-9-13-33-14-10-18/h4,8,15-16,18H,3,5-7,9-14H2,1-2H3. The molecule has 0 amide bonds. The third-order valence-electron chi connectivity index (χ3n) is 7.16. The first-order chi connectivity index (χ1) is 16.2. The van der Waals surface area contributed by atoms with Crippen LogP contribution < -0.4 is 9.80 Å². The van der Waals surface area contributed by atoms with Crippen LogP contribution in [0, 0.1) is 6.92 Å². The molecule has 0 unspecified atom stereocenters. The van der Waals surface area contributed by atoms with Crippen LogP contribution in [0.3, 0.4) is 0 Å². The van der Waals surface area contributed by atoms with E-state index in [-0.39, 0.29) is 0 Å². The van der Waals surface area contributed by atoms with Gasteiger partial charge in [0.05, 0.1) is 17.1 Å². The molecule has 2 saturated heterocycles. The van der Waals surface area contributed by atoms with Gasteiger partial charge in [-0.15, -0.1) is 0 Å². The maximum atomic E-state index is 5.61. The summed E-state index contributed by atoms with van der Waals surface area (Å²) in [5, 5.41) is 5.01. The second-order valence-electron chi connectivity index (χ2n) is 9.35. The first-order valence-corrected chi connectivity index (χ1v) is 12.2. The van der Waals surface area contributed by atoms with E-state index in [2.05, 4.69) is 41.1 Å². The predicted octanol–water partition coefficient (Wildman–Crippen LogP) is 3.67. The molecule has 0 atom stereocenters. The molecule has 6 rings (SSSR count). The Bertz CT molecular complexity index is 1210. The van der Waals surface area contributed by atoms with Gasteiger partial charge >= 0.3 is 0 Å². The van der Waals surface area contributed by atoms with Gasteiger partial charge < -0.3 is 14.5 Å². The lowest BCUT2D eigenvalue weighted by atomic mass is 10.1. The topological polar surface area (TPSA) is 71.7 Å². The van der Waals surface area contributed by atoms with Crippen molar-refractivity contribution in [3.63, 3.8) is 0 Å². The van der Waals surface area contributed by atoms with Crippen LogP contribution in [0.4, 0.5) is 11.6 Å². The van der Waals surface area contributed by atoms with Crippen molar-refractivity contribution in [2.75, 3.05) is 43.2 Å². The number of anilines is 2. The van der Waals surface area contributed by atoms with Crippen LogP contribution in [-0.2, 0) is 11.2 Å². The van der Waals surface area contributed by atoms with Crippen molar-refractivity contribution in [2.45, 2.75) is 51.5 Å². The van der Waals surface area contributed by atoms with E-state index < -0.39 is 0 Å². The van der Waals surface area contributed by atoms with Crippen molar-refractivity contribution < 1.29 is 4.74 Å². The quantitative estimate of drug-likeness (QED) is 0.607. The average molecular weight is 446 g/mol. The molecule has 2 aliphatic heterocycles. The Morgan fingerprint density at radius 1 is 1.06 bits per heavy atom. The number of nitrogens with zero attached hydrogens (tertiary/aromatic N) is 7. The van der Waals surface area contributed by atoms with E-state index in [1.165, 1.54) is 12.8 Å². The average Bonchev–Trinajstić information content (AvgIpc) is 3.53. The van der Waals surface area contributed by atoms with Crippen molar-refractivity contribution in [1.29, 1.82) is 0 Å². The van der Waals surface area contributed by atoms with Crippen LogP contribution >= 0.6 is 0 Å². The molecule has 3 aromatic rings. The number of fused-ring (bicyclic) bond motifs is 2. The zero-order valence-electron chi connectivity index (χ0n) is 19.5. The Morgan fingerprint density at radius 3 is 2.70 bits per heavy atom. The van der Waals surface area contributed by atoms with Gasteiger partial charge in [0.25, 0.3) is 0 Å².